The zero-order chi connectivity index (χ0) is 25.5. The highest BCUT2D eigenvalue weighted by molar-refractivity contribution is 7.84. The summed E-state index contributed by atoms with van der Waals surface area (Å²) in [6.45, 7) is 0.705. The van der Waals surface area contributed by atoms with E-state index >= 15 is 0 Å². The number of thiophene rings is 1. The molecule has 0 bridgehead atoms. The van der Waals surface area contributed by atoms with Gasteiger partial charge in [0.05, 0.1) is 16.4 Å². The van der Waals surface area contributed by atoms with Gasteiger partial charge < -0.3 is 10.6 Å². The number of carbonyl (C=O) groups excluding carboxylic acids is 2. The topological polar surface area (TPSA) is 119 Å². The van der Waals surface area contributed by atoms with Crippen LogP contribution in [0.15, 0.2) is 29.6 Å². The first-order valence-electron chi connectivity index (χ1n) is 12.9. The molecule has 3 aromatic rings. The van der Waals surface area contributed by atoms with Crippen molar-refractivity contribution in [2.24, 2.45) is 11.8 Å². The molecule has 2 saturated carbocycles. The fourth-order valence-corrected chi connectivity index (χ4v) is 6.82. The molecule has 3 heterocycles. The van der Waals surface area contributed by atoms with E-state index in [2.05, 4.69) is 25.8 Å². The highest BCUT2D eigenvalue weighted by Crippen LogP contribution is 2.41. The third-order valence-electron chi connectivity index (χ3n) is 7.38. The van der Waals surface area contributed by atoms with Crippen molar-refractivity contribution in [3.8, 4) is 0 Å². The van der Waals surface area contributed by atoms with E-state index in [-0.39, 0.29) is 23.7 Å². The van der Waals surface area contributed by atoms with Crippen LogP contribution >= 0.6 is 11.3 Å². The maximum absolute atomic E-state index is 13.4. The quantitative estimate of drug-likeness (QED) is 0.405. The lowest BCUT2D eigenvalue weighted by molar-refractivity contribution is -0.119. The third-order valence-corrected chi connectivity index (χ3v) is 9.48. The van der Waals surface area contributed by atoms with Crippen LogP contribution in [0, 0.1) is 11.8 Å². The summed E-state index contributed by atoms with van der Waals surface area (Å²) in [6, 6.07) is 5.40. The largest absolute Gasteiger partial charge is 0.352 e. The SMILES string of the molecule is CS(=O)c1cccc(Nc2nncn2[C@H]2CCc3sc(CC(=O)C4CC4)c(C(=O)NCC4CC4)c3C2)n1. The fourth-order valence-electron chi connectivity index (χ4n) is 4.96. The van der Waals surface area contributed by atoms with E-state index in [1.54, 1.807) is 36.1 Å². The number of fused-ring (bicyclic) bond motifs is 1. The molecule has 9 nitrogen and oxygen atoms in total. The standard InChI is InChI=1S/C26H30N6O3S2/c1-37(35)23-4-2-3-22(29-23)30-26-31-28-14-32(26)17-9-10-20-18(11-17)24(25(34)27-13-15-5-6-15)21(36-20)12-19(33)16-7-8-16/h2-4,14-17H,5-13H2,1H3,(H,27,34)(H,29,30,31)/t17-,37?/m0/s1. The van der Waals surface area contributed by atoms with E-state index < -0.39 is 10.8 Å². The Morgan fingerprint density at radius 3 is 2.78 bits per heavy atom. The maximum Gasteiger partial charge on any atom is 0.252 e. The molecule has 1 unspecified atom stereocenters. The number of amides is 1. The van der Waals surface area contributed by atoms with Crippen LogP contribution in [0.4, 0.5) is 11.8 Å². The van der Waals surface area contributed by atoms with E-state index in [1.807, 2.05) is 10.6 Å². The Labute approximate surface area is 221 Å². The molecule has 194 valence electrons. The zero-order valence-electron chi connectivity index (χ0n) is 20.7. The molecule has 37 heavy (non-hydrogen) atoms. The Hall–Kier alpha value is -2.92. The van der Waals surface area contributed by atoms with E-state index in [9.17, 15) is 13.8 Å². The van der Waals surface area contributed by atoms with Crippen molar-refractivity contribution in [1.29, 1.82) is 0 Å². The Bertz CT molecular complexity index is 1370. The van der Waals surface area contributed by atoms with Crippen molar-refractivity contribution >= 4 is 45.6 Å². The number of carbonyl (C=O) groups is 2. The van der Waals surface area contributed by atoms with E-state index in [4.69, 9.17) is 0 Å². The molecule has 0 aromatic carbocycles. The number of aromatic nitrogens is 4. The van der Waals surface area contributed by atoms with Gasteiger partial charge in [0, 0.05) is 40.9 Å². The van der Waals surface area contributed by atoms with Gasteiger partial charge in [-0.25, -0.2) is 4.98 Å². The summed E-state index contributed by atoms with van der Waals surface area (Å²) in [5.74, 6) is 2.09. The first-order chi connectivity index (χ1) is 18.0. The van der Waals surface area contributed by atoms with Crippen molar-refractivity contribution in [2.45, 2.75) is 62.4 Å². The van der Waals surface area contributed by atoms with Crippen LogP contribution in [0.1, 0.15) is 63.8 Å². The number of nitrogens with zero attached hydrogens (tertiary/aromatic N) is 4. The van der Waals surface area contributed by atoms with E-state index in [0.717, 1.165) is 41.7 Å². The van der Waals surface area contributed by atoms with Gasteiger partial charge >= 0.3 is 0 Å². The first kappa shape index (κ1) is 24.4. The van der Waals surface area contributed by atoms with Crippen molar-refractivity contribution in [2.75, 3.05) is 18.1 Å². The summed E-state index contributed by atoms with van der Waals surface area (Å²) < 4.78 is 13.8. The highest BCUT2D eigenvalue weighted by Gasteiger charge is 2.35. The van der Waals surface area contributed by atoms with Gasteiger partial charge in [-0.2, -0.15) is 0 Å². The van der Waals surface area contributed by atoms with Crippen molar-refractivity contribution in [1.82, 2.24) is 25.1 Å². The number of hydrogen-bond donors (Lipinski definition) is 2. The molecule has 2 N–H and O–H groups in total. The molecule has 3 aliphatic carbocycles. The molecule has 0 saturated heterocycles. The number of pyridine rings is 1. The summed E-state index contributed by atoms with van der Waals surface area (Å²) in [4.78, 5) is 32.6. The van der Waals surface area contributed by atoms with Gasteiger partial charge in [0.25, 0.3) is 5.91 Å². The van der Waals surface area contributed by atoms with E-state index in [0.29, 0.717) is 42.1 Å². The van der Waals surface area contributed by atoms with Gasteiger partial charge in [0.15, 0.2) is 0 Å². The van der Waals surface area contributed by atoms with Gasteiger partial charge in [-0.15, -0.1) is 21.5 Å². The monoisotopic (exact) mass is 538 g/mol. The number of hydrogen-bond acceptors (Lipinski definition) is 8. The minimum Gasteiger partial charge on any atom is -0.352 e. The Kier molecular flexibility index (Phi) is 6.66. The normalized spacial score (nSPS) is 19.8. The summed E-state index contributed by atoms with van der Waals surface area (Å²) in [5, 5.41) is 15.3. The molecular formula is C26H30N6O3S2. The maximum atomic E-state index is 13.4. The average Bonchev–Trinajstić information content (AvgIpc) is 3.82. The fraction of sp³-hybridized carbons (Fsp3) is 0.500. The third kappa shape index (κ3) is 5.38. The molecular weight excluding hydrogens is 508 g/mol. The molecule has 6 rings (SSSR count). The molecule has 0 spiro atoms. The summed E-state index contributed by atoms with van der Waals surface area (Å²) in [7, 11) is -1.19. The van der Waals surface area contributed by atoms with Gasteiger partial charge in [0.1, 0.15) is 23.0 Å². The van der Waals surface area contributed by atoms with Crippen LogP contribution in [0.25, 0.3) is 0 Å². The van der Waals surface area contributed by atoms with Crippen molar-refractivity contribution in [3.05, 3.63) is 45.4 Å². The summed E-state index contributed by atoms with van der Waals surface area (Å²) in [5.41, 5.74) is 1.79. The van der Waals surface area contributed by atoms with Gasteiger partial charge in [0.2, 0.25) is 5.95 Å². The average molecular weight is 539 g/mol. The van der Waals surface area contributed by atoms with Crippen LogP contribution < -0.4 is 10.6 Å². The van der Waals surface area contributed by atoms with Crippen molar-refractivity contribution in [3.63, 3.8) is 0 Å². The second kappa shape index (κ2) is 10.1. The lowest BCUT2D eigenvalue weighted by Crippen LogP contribution is -2.28. The lowest BCUT2D eigenvalue weighted by atomic mass is 9.90. The molecule has 0 radical (unpaired) electrons. The predicted molar refractivity (Wildman–Crippen MR) is 142 cm³/mol. The van der Waals surface area contributed by atoms with Gasteiger partial charge in [-0.3, -0.25) is 18.4 Å². The predicted octanol–water partition coefficient (Wildman–Crippen LogP) is 3.61. The molecule has 2 fully saturated rings. The van der Waals surface area contributed by atoms with Gasteiger partial charge in [-0.1, -0.05) is 6.07 Å². The van der Waals surface area contributed by atoms with Crippen LogP contribution in [-0.4, -0.2) is 48.4 Å². The minimum atomic E-state index is -1.19. The van der Waals surface area contributed by atoms with Gasteiger partial charge in [-0.05, 0) is 68.6 Å². The lowest BCUT2D eigenvalue weighted by Gasteiger charge is -2.25. The number of Topliss-reactive ketones (excluding diaryl/α,β-unsaturated/α-hetero) is 1. The Balaban J connectivity index is 1.26. The molecule has 3 aliphatic rings. The van der Waals surface area contributed by atoms with Crippen LogP contribution in [0.3, 0.4) is 0 Å². The summed E-state index contributed by atoms with van der Waals surface area (Å²) >= 11 is 1.65. The Morgan fingerprint density at radius 2 is 2.03 bits per heavy atom. The number of anilines is 2. The van der Waals surface area contributed by atoms with Crippen LogP contribution in [-0.2, 0) is 34.9 Å². The Morgan fingerprint density at radius 1 is 1.19 bits per heavy atom. The molecule has 2 atom stereocenters. The minimum absolute atomic E-state index is 0.0423. The second-order valence-corrected chi connectivity index (χ2v) is 12.8. The first-order valence-corrected chi connectivity index (χ1v) is 15.2. The number of nitrogens with one attached hydrogen (secondary N) is 2. The number of rotatable bonds is 10. The van der Waals surface area contributed by atoms with Crippen LogP contribution in [0.2, 0.25) is 0 Å². The molecule has 0 aliphatic heterocycles. The second-order valence-electron chi connectivity index (χ2n) is 10.3. The summed E-state index contributed by atoms with van der Waals surface area (Å²) in [6.07, 6.45) is 10.4. The van der Waals surface area contributed by atoms with E-state index in [1.165, 1.54) is 17.7 Å². The number of aryl methyl sites for hydroxylation is 1. The molecule has 11 heteroatoms. The zero-order valence-corrected chi connectivity index (χ0v) is 22.4. The molecule has 1 amide bonds. The van der Waals surface area contributed by atoms with Crippen molar-refractivity contribution < 1.29 is 13.8 Å². The highest BCUT2D eigenvalue weighted by atomic mass is 32.2. The molecule has 3 aromatic heterocycles. The smallest absolute Gasteiger partial charge is 0.252 e. The van der Waals surface area contributed by atoms with Crippen LogP contribution in [0.5, 0.6) is 0 Å². The number of ketones is 1.